The molecule has 0 aromatic carbocycles. The third-order valence-electron chi connectivity index (χ3n) is 5.71. The van der Waals surface area contributed by atoms with Gasteiger partial charge in [0.2, 0.25) is 0 Å². The number of rotatable bonds is 5. The molecule has 2 nitrogen and oxygen atoms in total. The van der Waals surface area contributed by atoms with Gasteiger partial charge in [-0.3, -0.25) is 9.69 Å². The number of allylic oxidation sites excluding steroid dienone is 1. The van der Waals surface area contributed by atoms with Crippen LogP contribution in [0, 0.1) is 11.8 Å². The summed E-state index contributed by atoms with van der Waals surface area (Å²) in [5.41, 5.74) is 0.273. The summed E-state index contributed by atoms with van der Waals surface area (Å²) in [6.07, 6.45) is 10.2. The van der Waals surface area contributed by atoms with Crippen LogP contribution >= 0.6 is 0 Å². The van der Waals surface area contributed by atoms with E-state index in [0.29, 0.717) is 17.7 Å². The molecule has 0 aromatic rings. The molecule has 0 aromatic heterocycles. The number of nitrogens with zero attached hydrogens (tertiary/aromatic N) is 1. The number of hydrogen-bond donors (Lipinski definition) is 0. The minimum Gasteiger partial charge on any atom is -0.299 e. The molecule has 0 radical (unpaired) electrons. The average molecular weight is 247 g/mol. The fourth-order valence-electron chi connectivity index (χ4n) is 4.98. The zero-order chi connectivity index (χ0) is 12.8. The van der Waals surface area contributed by atoms with Crippen LogP contribution in [0.4, 0.5) is 0 Å². The van der Waals surface area contributed by atoms with Crippen LogP contribution in [0.15, 0.2) is 12.7 Å². The summed E-state index contributed by atoms with van der Waals surface area (Å²) in [7, 11) is 0. The van der Waals surface area contributed by atoms with Crippen molar-refractivity contribution in [2.45, 2.75) is 63.5 Å². The lowest BCUT2D eigenvalue weighted by Gasteiger charge is -2.45. The van der Waals surface area contributed by atoms with Crippen LogP contribution in [-0.2, 0) is 4.79 Å². The largest absolute Gasteiger partial charge is 0.299 e. The summed E-state index contributed by atoms with van der Waals surface area (Å²) in [6.45, 7) is 7.26. The van der Waals surface area contributed by atoms with Crippen molar-refractivity contribution in [1.82, 2.24) is 4.90 Å². The van der Waals surface area contributed by atoms with Crippen LogP contribution in [0.25, 0.3) is 0 Å². The molecular weight excluding hydrogens is 222 g/mol. The zero-order valence-corrected chi connectivity index (χ0v) is 11.5. The maximum absolute atomic E-state index is 12.7. The number of carbonyl (C=O) groups is 1. The van der Waals surface area contributed by atoms with Gasteiger partial charge in [-0.2, -0.15) is 0 Å². The van der Waals surface area contributed by atoms with E-state index >= 15 is 0 Å². The van der Waals surface area contributed by atoms with Crippen LogP contribution < -0.4 is 0 Å². The first-order valence-electron chi connectivity index (χ1n) is 7.66. The van der Waals surface area contributed by atoms with Crippen molar-refractivity contribution < 1.29 is 4.79 Å². The Morgan fingerprint density at radius 2 is 2.33 bits per heavy atom. The second-order valence-corrected chi connectivity index (χ2v) is 6.38. The lowest BCUT2D eigenvalue weighted by Crippen LogP contribution is -2.56. The number of ketones is 1. The predicted octanol–water partition coefficient (Wildman–Crippen LogP) is 3.17. The molecule has 0 aliphatic carbocycles. The van der Waals surface area contributed by atoms with Gasteiger partial charge in [-0.15, -0.1) is 6.58 Å². The summed E-state index contributed by atoms with van der Waals surface area (Å²) >= 11 is 0. The summed E-state index contributed by atoms with van der Waals surface area (Å²) in [6, 6.07) is 0.533. The average Bonchev–Trinajstić information content (AvgIpc) is 2.82. The maximum Gasteiger partial charge on any atom is 0.142 e. The van der Waals surface area contributed by atoms with Crippen LogP contribution in [0.5, 0.6) is 0 Å². The van der Waals surface area contributed by atoms with Gasteiger partial charge in [0.05, 0.1) is 0 Å². The molecule has 3 fully saturated rings. The molecule has 100 valence electrons. The minimum absolute atomic E-state index is 0.257. The molecule has 3 rings (SSSR count). The number of Topliss-reactive ketones (excluding diaryl/α,β-unsaturated/α-hetero) is 1. The van der Waals surface area contributed by atoms with Gasteiger partial charge in [0.25, 0.3) is 0 Å². The van der Waals surface area contributed by atoms with Crippen molar-refractivity contribution in [1.29, 1.82) is 0 Å². The Morgan fingerprint density at radius 1 is 1.50 bits per heavy atom. The van der Waals surface area contributed by atoms with Crippen molar-refractivity contribution in [3.8, 4) is 0 Å². The third kappa shape index (κ3) is 1.48. The molecule has 0 saturated carbocycles. The van der Waals surface area contributed by atoms with E-state index in [0.717, 1.165) is 12.8 Å². The highest BCUT2D eigenvalue weighted by atomic mass is 16.1. The first kappa shape index (κ1) is 12.4. The Balaban J connectivity index is 1.89. The smallest absolute Gasteiger partial charge is 0.142 e. The number of hydrogen-bond acceptors (Lipinski definition) is 2. The minimum atomic E-state index is 0.257. The van der Waals surface area contributed by atoms with Gasteiger partial charge in [0.15, 0.2) is 0 Å². The van der Waals surface area contributed by atoms with E-state index in [-0.39, 0.29) is 11.5 Å². The third-order valence-corrected chi connectivity index (χ3v) is 5.71. The molecule has 2 heteroatoms. The highest BCUT2D eigenvalue weighted by Gasteiger charge is 2.63. The molecule has 3 aliphatic heterocycles. The Morgan fingerprint density at radius 3 is 3.06 bits per heavy atom. The molecule has 3 saturated heterocycles. The summed E-state index contributed by atoms with van der Waals surface area (Å²) in [5, 5.41) is 0. The van der Waals surface area contributed by atoms with Gasteiger partial charge in [0, 0.05) is 23.4 Å². The van der Waals surface area contributed by atoms with E-state index in [9.17, 15) is 4.79 Å². The van der Waals surface area contributed by atoms with Gasteiger partial charge < -0.3 is 0 Å². The second kappa shape index (κ2) is 4.48. The molecule has 3 aliphatic rings. The molecule has 18 heavy (non-hydrogen) atoms. The van der Waals surface area contributed by atoms with Crippen molar-refractivity contribution in [3.63, 3.8) is 0 Å². The molecule has 5 atom stereocenters. The number of unbranched alkanes of at least 4 members (excludes halogenated alkanes) is 1. The lowest BCUT2D eigenvalue weighted by molar-refractivity contribution is -0.135. The highest BCUT2D eigenvalue weighted by Crippen LogP contribution is 2.56. The first-order chi connectivity index (χ1) is 8.74. The Kier molecular flexibility index (Phi) is 3.09. The highest BCUT2D eigenvalue weighted by molar-refractivity contribution is 5.87. The van der Waals surface area contributed by atoms with E-state index in [4.69, 9.17) is 0 Å². The molecule has 0 amide bonds. The van der Waals surface area contributed by atoms with E-state index in [1.165, 1.54) is 38.6 Å². The van der Waals surface area contributed by atoms with E-state index in [1.54, 1.807) is 0 Å². The fourth-order valence-corrected chi connectivity index (χ4v) is 4.98. The molecule has 3 heterocycles. The van der Waals surface area contributed by atoms with Crippen LogP contribution in [0.1, 0.15) is 51.9 Å². The van der Waals surface area contributed by atoms with Crippen LogP contribution in [0.3, 0.4) is 0 Å². The van der Waals surface area contributed by atoms with E-state index in [2.05, 4.69) is 18.4 Å². The Labute approximate surface area is 110 Å². The first-order valence-corrected chi connectivity index (χ1v) is 7.66. The molecule has 4 bridgehead atoms. The standard InChI is InChI=1S/C16H25NO/c1-3-5-9-16-10-7-14-12(6-4-2)15(18)13(16)8-11-17(14)16/h4,12-14H,2-3,5-11H2,1H3/t12-,13-,14-,16+/m0/s1. The fraction of sp³-hybridized carbons (Fsp3) is 0.812. The van der Waals surface area contributed by atoms with Gasteiger partial charge in [-0.25, -0.2) is 0 Å². The maximum atomic E-state index is 12.7. The van der Waals surface area contributed by atoms with Crippen LogP contribution in [-0.4, -0.2) is 28.8 Å². The molecule has 0 N–H and O–H groups in total. The lowest BCUT2D eigenvalue weighted by atomic mass is 9.72. The summed E-state index contributed by atoms with van der Waals surface area (Å²) in [5.74, 6) is 1.17. The Bertz CT molecular complexity index is 364. The monoisotopic (exact) mass is 247 g/mol. The van der Waals surface area contributed by atoms with Crippen molar-refractivity contribution in [2.75, 3.05) is 6.54 Å². The second-order valence-electron chi connectivity index (χ2n) is 6.38. The number of carbonyl (C=O) groups excluding carboxylic acids is 1. The van der Waals surface area contributed by atoms with Gasteiger partial charge in [0.1, 0.15) is 5.78 Å². The number of piperidine rings is 1. The van der Waals surface area contributed by atoms with Gasteiger partial charge in [-0.05, 0) is 38.6 Å². The van der Waals surface area contributed by atoms with Crippen molar-refractivity contribution in [2.24, 2.45) is 11.8 Å². The normalized spacial score (nSPS) is 45.5. The van der Waals surface area contributed by atoms with Crippen molar-refractivity contribution in [3.05, 3.63) is 12.7 Å². The zero-order valence-electron chi connectivity index (χ0n) is 11.5. The predicted molar refractivity (Wildman–Crippen MR) is 73.4 cm³/mol. The molecule has 1 unspecified atom stereocenters. The molecular formula is C16H25NO. The van der Waals surface area contributed by atoms with E-state index < -0.39 is 0 Å². The van der Waals surface area contributed by atoms with Gasteiger partial charge in [-0.1, -0.05) is 25.8 Å². The van der Waals surface area contributed by atoms with Gasteiger partial charge >= 0.3 is 0 Å². The summed E-state index contributed by atoms with van der Waals surface area (Å²) < 4.78 is 0. The Hall–Kier alpha value is -0.630. The topological polar surface area (TPSA) is 20.3 Å². The molecule has 0 spiro atoms. The van der Waals surface area contributed by atoms with Crippen molar-refractivity contribution >= 4 is 5.78 Å². The quantitative estimate of drug-likeness (QED) is 0.695. The van der Waals surface area contributed by atoms with E-state index in [1.807, 2.05) is 6.08 Å². The van der Waals surface area contributed by atoms with Crippen LogP contribution in [0.2, 0.25) is 0 Å². The SMILES string of the molecule is C=CC[C@@H]1C(=O)[C@@H]2CCN3[C@H]1CC[C@]23CCCC. The summed E-state index contributed by atoms with van der Waals surface area (Å²) in [4.78, 5) is 15.5.